The van der Waals surface area contributed by atoms with Crippen LogP contribution in [0.5, 0.6) is 0 Å². The lowest BCUT2D eigenvalue weighted by molar-refractivity contribution is -0.384. The molecule has 0 atom stereocenters. The Balaban J connectivity index is 1.68. The zero-order valence-electron chi connectivity index (χ0n) is 16.8. The van der Waals surface area contributed by atoms with Crippen LogP contribution in [0.25, 0.3) is 10.2 Å². The molecule has 4 rings (SSSR count). The van der Waals surface area contributed by atoms with Gasteiger partial charge in [0.25, 0.3) is 11.6 Å². The van der Waals surface area contributed by atoms with Gasteiger partial charge in [0, 0.05) is 35.4 Å². The Kier molecular flexibility index (Phi) is 5.87. The molecular weight excluding hydrogens is 426 g/mol. The number of thiazole rings is 1. The van der Waals surface area contributed by atoms with E-state index >= 15 is 0 Å². The summed E-state index contributed by atoms with van der Waals surface area (Å²) < 4.78 is 2.43. The molecule has 32 heavy (non-hydrogen) atoms. The number of non-ortho nitro benzene ring substituents is 1. The molecule has 0 N–H and O–H groups in total. The summed E-state index contributed by atoms with van der Waals surface area (Å²) in [6, 6.07) is 19.8. The molecule has 1 heterocycles. The number of nitro groups is 1. The molecule has 0 aliphatic heterocycles. The van der Waals surface area contributed by atoms with Crippen LogP contribution in [0.3, 0.4) is 0 Å². The first-order valence-corrected chi connectivity index (χ1v) is 10.5. The average Bonchev–Trinajstić information content (AvgIpc) is 3.15. The van der Waals surface area contributed by atoms with Crippen molar-refractivity contribution in [1.82, 2.24) is 4.57 Å². The zero-order chi connectivity index (χ0) is 22.7. The van der Waals surface area contributed by atoms with Crippen molar-refractivity contribution in [2.75, 3.05) is 0 Å². The summed E-state index contributed by atoms with van der Waals surface area (Å²) >= 11 is 1.19. The van der Waals surface area contributed by atoms with Crippen LogP contribution >= 0.6 is 11.3 Å². The fraction of sp³-hybridized carbons (Fsp3) is 0.0417. The van der Waals surface area contributed by atoms with Gasteiger partial charge in [-0.3, -0.25) is 19.7 Å². The third-order valence-corrected chi connectivity index (χ3v) is 5.86. The highest BCUT2D eigenvalue weighted by atomic mass is 32.1. The first kappa shape index (κ1) is 21.1. The molecule has 0 aliphatic rings. The number of hydrogen-bond acceptors (Lipinski definition) is 5. The highest BCUT2D eigenvalue weighted by Gasteiger charge is 2.14. The van der Waals surface area contributed by atoms with E-state index < -0.39 is 10.8 Å². The van der Waals surface area contributed by atoms with Crippen LogP contribution in [0, 0.1) is 10.1 Å². The largest absolute Gasteiger partial charge is 0.312 e. The molecule has 0 fully saturated rings. The lowest BCUT2D eigenvalue weighted by atomic mass is 10.0. The van der Waals surface area contributed by atoms with E-state index in [1.54, 1.807) is 65.2 Å². The minimum Gasteiger partial charge on any atom is -0.312 e. The minimum atomic E-state index is -0.470. The molecule has 8 heteroatoms. The van der Waals surface area contributed by atoms with Crippen LogP contribution in [0.1, 0.15) is 26.3 Å². The number of fused-ring (bicyclic) bond motifs is 1. The van der Waals surface area contributed by atoms with E-state index in [0.717, 1.165) is 5.52 Å². The van der Waals surface area contributed by atoms with Gasteiger partial charge in [-0.15, -0.1) is 6.58 Å². The van der Waals surface area contributed by atoms with E-state index in [1.165, 1.54) is 23.5 Å². The molecule has 4 aromatic rings. The highest BCUT2D eigenvalue weighted by molar-refractivity contribution is 7.16. The summed E-state index contributed by atoms with van der Waals surface area (Å²) in [7, 11) is 0. The van der Waals surface area contributed by atoms with E-state index in [9.17, 15) is 19.7 Å². The van der Waals surface area contributed by atoms with Crippen LogP contribution in [0.15, 0.2) is 90.4 Å². The molecule has 158 valence electrons. The number of amides is 1. The first-order valence-electron chi connectivity index (χ1n) is 9.65. The molecule has 0 unspecified atom stereocenters. The summed E-state index contributed by atoms with van der Waals surface area (Å²) in [6.07, 6.45) is 1.67. The van der Waals surface area contributed by atoms with Gasteiger partial charge in [0.05, 0.1) is 15.1 Å². The highest BCUT2D eigenvalue weighted by Crippen LogP contribution is 2.23. The van der Waals surface area contributed by atoms with Crippen LogP contribution in [0.2, 0.25) is 0 Å². The molecule has 3 aromatic carbocycles. The van der Waals surface area contributed by atoms with E-state index in [-0.39, 0.29) is 11.5 Å². The summed E-state index contributed by atoms with van der Waals surface area (Å²) in [5, 5.41) is 11.1. The molecule has 1 amide bonds. The third kappa shape index (κ3) is 4.17. The predicted molar refractivity (Wildman–Crippen MR) is 123 cm³/mol. The third-order valence-electron chi connectivity index (χ3n) is 4.82. The normalized spacial score (nSPS) is 11.4. The van der Waals surface area contributed by atoms with Crippen LogP contribution in [-0.2, 0) is 6.54 Å². The van der Waals surface area contributed by atoms with E-state index in [2.05, 4.69) is 11.6 Å². The van der Waals surface area contributed by atoms with Crippen molar-refractivity contribution in [2.45, 2.75) is 6.54 Å². The Morgan fingerprint density at radius 1 is 1.00 bits per heavy atom. The van der Waals surface area contributed by atoms with Crippen molar-refractivity contribution in [1.29, 1.82) is 0 Å². The van der Waals surface area contributed by atoms with E-state index in [4.69, 9.17) is 0 Å². The summed E-state index contributed by atoms with van der Waals surface area (Å²) in [4.78, 5) is 40.6. The predicted octanol–water partition coefficient (Wildman–Crippen LogP) is 4.77. The number of nitrogens with zero attached hydrogens (tertiary/aromatic N) is 3. The van der Waals surface area contributed by atoms with Crippen LogP contribution < -0.4 is 4.80 Å². The van der Waals surface area contributed by atoms with Gasteiger partial charge in [-0.05, 0) is 18.2 Å². The maximum atomic E-state index is 12.8. The number of ketones is 1. The number of nitro benzene ring substituents is 1. The Bertz CT molecular complexity index is 1420. The second-order valence-corrected chi connectivity index (χ2v) is 7.89. The molecule has 0 aliphatic carbocycles. The molecule has 0 saturated heterocycles. The van der Waals surface area contributed by atoms with Crippen molar-refractivity contribution < 1.29 is 14.5 Å². The van der Waals surface area contributed by atoms with Crippen molar-refractivity contribution in [3.63, 3.8) is 0 Å². The molecule has 0 spiro atoms. The number of benzene rings is 3. The van der Waals surface area contributed by atoms with E-state index in [0.29, 0.717) is 32.7 Å². The molecule has 0 saturated carbocycles. The van der Waals surface area contributed by atoms with Gasteiger partial charge in [0.15, 0.2) is 10.6 Å². The molecular formula is C24H17N3O4S. The maximum absolute atomic E-state index is 12.8. The SMILES string of the molecule is C=CCn1c(=NC(=O)c2ccc(C(=O)c3ccccc3)cc2)sc2cc([N+](=O)[O-])ccc21. The molecule has 0 radical (unpaired) electrons. The second kappa shape index (κ2) is 8.91. The number of carbonyl (C=O) groups is 2. The number of allylic oxidation sites excluding steroid dienone is 1. The Morgan fingerprint density at radius 2 is 1.66 bits per heavy atom. The molecule has 0 bridgehead atoms. The monoisotopic (exact) mass is 443 g/mol. The number of rotatable bonds is 6. The smallest absolute Gasteiger partial charge is 0.279 e. The quantitative estimate of drug-likeness (QED) is 0.186. The van der Waals surface area contributed by atoms with Crippen molar-refractivity contribution >= 4 is 38.9 Å². The maximum Gasteiger partial charge on any atom is 0.279 e. The summed E-state index contributed by atoms with van der Waals surface area (Å²) in [5.41, 5.74) is 2.09. The number of hydrogen-bond donors (Lipinski definition) is 0. The first-order chi connectivity index (χ1) is 15.5. The number of carbonyl (C=O) groups excluding carboxylic acids is 2. The summed E-state index contributed by atoms with van der Waals surface area (Å²) in [5.74, 6) is -0.598. The standard InChI is InChI=1S/C24H17N3O4S/c1-2-14-26-20-13-12-19(27(30)31)15-21(20)32-24(26)25-23(29)18-10-8-17(9-11-18)22(28)16-6-4-3-5-7-16/h2-13,15H,1,14H2. The Labute approximate surface area is 186 Å². The number of aromatic nitrogens is 1. The fourth-order valence-corrected chi connectivity index (χ4v) is 4.31. The van der Waals surface area contributed by atoms with Gasteiger partial charge in [-0.25, -0.2) is 0 Å². The van der Waals surface area contributed by atoms with Crippen molar-refractivity contribution in [3.05, 3.63) is 117 Å². The second-order valence-electron chi connectivity index (χ2n) is 6.88. The molecule has 1 aromatic heterocycles. The van der Waals surface area contributed by atoms with Crippen LogP contribution in [-0.4, -0.2) is 21.2 Å². The lowest BCUT2D eigenvalue weighted by Gasteiger charge is -2.03. The van der Waals surface area contributed by atoms with Gasteiger partial charge in [-0.2, -0.15) is 4.99 Å². The van der Waals surface area contributed by atoms with Crippen molar-refractivity contribution in [2.24, 2.45) is 4.99 Å². The van der Waals surface area contributed by atoms with Gasteiger partial charge in [-0.1, -0.05) is 59.9 Å². The minimum absolute atomic E-state index is 0.0268. The average molecular weight is 443 g/mol. The van der Waals surface area contributed by atoms with Gasteiger partial charge in [0.1, 0.15) is 0 Å². The van der Waals surface area contributed by atoms with E-state index in [1.807, 2.05) is 6.07 Å². The Hall–Kier alpha value is -4.17. The van der Waals surface area contributed by atoms with Crippen molar-refractivity contribution in [3.8, 4) is 0 Å². The lowest BCUT2D eigenvalue weighted by Crippen LogP contribution is -2.16. The molecule has 7 nitrogen and oxygen atoms in total. The fourth-order valence-electron chi connectivity index (χ4n) is 3.24. The zero-order valence-corrected chi connectivity index (χ0v) is 17.6. The van der Waals surface area contributed by atoms with Gasteiger partial charge < -0.3 is 4.57 Å². The summed E-state index contributed by atoms with van der Waals surface area (Å²) in [6.45, 7) is 4.13. The van der Waals surface area contributed by atoms with Gasteiger partial charge in [0.2, 0.25) is 0 Å². The van der Waals surface area contributed by atoms with Crippen LogP contribution in [0.4, 0.5) is 5.69 Å². The topological polar surface area (TPSA) is 94.6 Å². The Morgan fingerprint density at radius 3 is 2.31 bits per heavy atom. The van der Waals surface area contributed by atoms with Gasteiger partial charge >= 0.3 is 0 Å².